The van der Waals surface area contributed by atoms with Gasteiger partial charge in [0.05, 0.1) is 25.2 Å². The van der Waals surface area contributed by atoms with Gasteiger partial charge in [0.25, 0.3) is 0 Å². The van der Waals surface area contributed by atoms with Gasteiger partial charge in [-0.05, 0) is 24.6 Å². The lowest BCUT2D eigenvalue weighted by atomic mass is 9.90. The lowest BCUT2D eigenvalue weighted by molar-refractivity contribution is 0.304. The van der Waals surface area contributed by atoms with Crippen molar-refractivity contribution >= 4 is 11.6 Å². The number of aromatic nitrogens is 2. The number of hydrogen-bond donors (Lipinski definition) is 1. The van der Waals surface area contributed by atoms with E-state index in [2.05, 4.69) is 30.3 Å². The molecule has 0 saturated heterocycles. The molecule has 0 aliphatic heterocycles. The number of hydrogen-bond acceptors (Lipinski definition) is 3. The standard InChI is InChI=1S/C15H19N3O/c1-9-4-5-14(19-3)11-6-13-12(15(9)11)7-17-18(13)8-10(2)16/h4-7,9-10H,8,16H2,1-3H3/t9?,10-/m1/s1. The van der Waals surface area contributed by atoms with E-state index in [-0.39, 0.29) is 6.04 Å². The Morgan fingerprint density at radius 1 is 1.53 bits per heavy atom. The third kappa shape index (κ3) is 1.83. The summed E-state index contributed by atoms with van der Waals surface area (Å²) in [7, 11) is 1.71. The van der Waals surface area contributed by atoms with E-state index >= 15 is 0 Å². The average Bonchev–Trinajstić information content (AvgIpc) is 2.90. The number of allylic oxidation sites excluding steroid dienone is 3. The highest BCUT2D eigenvalue weighted by Crippen LogP contribution is 2.32. The predicted octanol–water partition coefficient (Wildman–Crippen LogP) is 0.282. The molecular weight excluding hydrogens is 238 g/mol. The molecule has 0 aromatic carbocycles. The highest BCUT2D eigenvalue weighted by molar-refractivity contribution is 5.85. The minimum atomic E-state index is 0.0939. The summed E-state index contributed by atoms with van der Waals surface area (Å²) in [4.78, 5) is 0. The molecule has 100 valence electrons. The van der Waals surface area contributed by atoms with Gasteiger partial charge in [-0.2, -0.15) is 5.10 Å². The number of fused-ring (bicyclic) bond motifs is 2. The Labute approximate surface area is 112 Å². The molecule has 0 amide bonds. The lowest BCUT2D eigenvalue weighted by Gasteiger charge is -2.18. The second kappa shape index (κ2) is 4.38. The van der Waals surface area contributed by atoms with Gasteiger partial charge in [-0.1, -0.05) is 13.0 Å². The van der Waals surface area contributed by atoms with Crippen LogP contribution in [0.3, 0.4) is 0 Å². The Kier molecular flexibility index (Phi) is 2.82. The molecule has 2 aliphatic carbocycles. The van der Waals surface area contributed by atoms with Gasteiger partial charge >= 0.3 is 0 Å². The fraction of sp³-hybridized carbons (Fsp3) is 0.400. The van der Waals surface area contributed by atoms with Crippen LogP contribution in [0.15, 0.2) is 29.7 Å². The Balaban J connectivity index is 2.22. The van der Waals surface area contributed by atoms with Crippen LogP contribution in [0.1, 0.15) is 13.8 Å². The van der Waals surface area contributed by atoms with E-state index in [1.165, 1.54) is 16.4 Å². The zero-order valence-corrected chi connectivity index (χ0v) is 11.6. The number of methoxy groups -OCH3 is 1. The van der Waals surface area contributed by atoms with Crippen LogP contribution in [0, 0.1) is 5.92 Å². The summed E-state index contributed by atoms with van der Waals surface area (Å²) < 4.78 is 7.45. The van der Waals surface area contributed by atoms with Crippen molar-refractivity contribution in [2.75, 3.05) is 7.11 Å². The molecule has 2 atom stereocenters. The molecule has 19 heavy (non-hydrogen) atoms. The first-order valence-corrected chi connectivity index (χ1v) is 6.62. The molecule has 1 aromatic heterocycles. The van der Waals surface area contributed by atoms with Crippen molar-refractivity contribution in [1.29, 1.82) is 0 Å². The van der Waals surface area contributed by atoms with Gasteiger partial charge < -0.3 is 10.5 Å². The van der Waals surface area contributed by atoms with Crippen LogP contribution in [0.5, 0.6) is 0 Å². The molecule has 2 aliphatic rings. The highest BCUT2D eigenvalue weighted by atomic mass is 16.5. The van der Waals surface area contributed by atoms with Gasteiger partial charge in [-0.3, -0.25) is 4.68 Å². The molecule has 1 unspecified atom stereocenters. The lowest BCUT2D eigenvalue weighted by Crippen LogP contribution is -2.33. The van der Waals surface area contributed by atoms with E-state index in [0.29, 0.717) is 5.92 Å². The summed E-state index contributed by atoms with van der Waals surface area (Å²) in [5.41, 5.74) is 8.37. The quantitative estimate of drug-likeness (QED) is 0.846. The summed E-state index contributed by atoms with van der Waals surface area (Å²) in [6, 6.07) is 0.0939. The molecular formula is C15H19N3O. The van der Waals surface area contributed by atoms with E-state index in [9.17, 15) is 0 Å². The number of ether oxygens (including phenoxy) is 1. The van der Waals surface area contributed by atoms with Crippen LogP contribution in [-0.4, -0.2) is 22.9 Å². The van der Waals surface area contributed by atoms with Crippen LogP contribution in [0.25, 0.3) is 11.6 Å². The van der Waals surface area contributed by atoms with Crippen molar-refractivity contribution < 1.29 is 4.74 Å². The number of nitrogens with zero attached hydrogens (tertiary/aromatic N) is 2. The molecule has 4 nitrogen and oxygen atoms in total. The van der Waals surface area contributed by atoms with Crippen LogP contribution in [0.2, 0.25) is 0 Å². The largest absolute Gasteiger partial charge is 0.496 e. The van der Waals surface area contributed by atoms with Crippen LogP contribution in [0.4, 0.5) is 0 Å². The minimum absolute atomic E-state index is 0.0939. The molecule has 0 bridgehead atoms. The maximum absolute atomic E-state index is 5.87. The molecule has 1 heterocycles. The van der Waals surface area contributed by atoms with Crippen LogP contribution in [-0.2, 0) is 11.3 Å². The van der Waals surface area contributed by atoms with Crippen molar-refractivity contribution in [2.45, 2.75) is 26.4 Å². The van der Waals surface area contributed by atoms with Gasteiger partial charge in [0.2, 0.25) is 0 Å². The van der Waals surface area contributed by atoms with Crippen molar-refractivity contribution in [3.63, 3.8) is 0 Å². The Morgan fingerprint density at radius 2 is 2.32 bits per heavy atom. The van der Waals surface area contributed by atoms with Gasteiger partial charge in [0, 0.05) is 22.8 Å². The molecule has 0 spiro atoms. The van der Waals surface area contributed by atoms with Crippen LogP contribution < -0.4 is 16.3 Å². The zero-order valence-electron chi connectivity index (χ0n) is 11.6. The fourth-order valence-corrected chi connectivity index (χ4v) is 2.82. The Bertz CT molecular complexity index is 691. The SMILES string of the molecule is COC1=C2C=c3c(cnn3C[C@@H](C)N)=C2C(C)C=C1. The molecule has 0 radical (unpaired) electrons. The summed E-state index contributed by atoms with van der Waals surface area (Å²) in [5.74, 6) is 1.32. The zero-order chi connectivity index (χ0) is 13.6. The molecule has 3 rings (SSSR count). The second-order valence-corrected chi connectivity index (χ2v) is 5.29. The maximum atomic E-state index is 5.87. The molecule has 4 heteroatoms. The van der Waals surface area contributed by atoms with Gasteiger partial charge in [-0.25, -0.2) is 0 Å². The summed E-state index contributed by atoms with van der Waals surface area (Å²) in [6.45, 7) is 4.92. The van der Waals surface area contributed by atoms with Gasteiger partial charge in [0.15, 0.2) is 0 Å². The monoisotopic (exact) mass is 257 g/mol. The Morgan fingerprint density at radius 3 is 3.00 bits per heavy atom. The van der Waals surface area contributed by atoms with E-state index in [1.807, 2.05) is 17.8 Å². The second-order valence-electron chi connectivity index (χ2n) is 5.29. The fourth-order valence-electron chi connectivity index (χ4n) is 2.82. The molecule has 0 fully saturated rings. The normalized spacial score (nSPS) is 22.1. The third-order valence-electron chi connectivity index (χ3n) is 3.68. The van der Waals surface area contributed by atoms with E-state index in [0.717, 1.165) is 17.7 Å². The smallest absolute Gasteiger partial charge is 0.126 e. The summed E-state index contributed by atoms with van der Waals surface area (Å²) in [6.07, 6.45) is 8.33. The first-order valence-electron chi connectivity index (χ1n) is 6.62. The van der Waals surface area contributed by atoms with Gasteiger partial charge in [0.1, 0.15) is 5.76 Å². The molecule has 2 N–H and O–H groups in total. The Hall–Kier alpha value is -1.81. The van der Waals surface area contributed by atoms with Crippen LogP contribution >= 0.6 is 0 Å². The van der Waals surface area contributed by atoms with Crippen molar-refractivity contribution in [3.05, 3.63) is 40.2 Å². The topological polar surface area (TPSA) is 53.1 Å². The summed E-state index contributed by atoms with van der Waals surface area (Å²) in [5, 5.41) is 6.81. The molecule has 0 saturated carbocycles. The summed E-state index contributed by atoms with van der Waals surface area (Å²) >= 11 is 0. The van der Waals surface area contributed by atoms with E-state index < -0.39 is 0 Å². The van der Waals surface area contributed by atoms with Crippen molar-refractivity contribution in [2.24, 2.45) is 11.7 Å². The minimum Gasteiger partial charge on any atom is -0.496 e. The maximum Gasteiger partial charge on any atom is 0.126 e. The molecule has 1 aromatic rings. The van der Waals surface area contributed by atoms with Crippen molar-refractivity contribution in [1.82, 2.24) is 9.78 Å². The first-order chi connectivity index (χ1) is 9.11. The number of rotatable bonds is 3. The van der Waals surface area contributed by atoms with Gasteiger partial charge in [-0.15, -0.1) is 0 Å². The average molecular weight is 257 g/mol. The van der Waals surface area contributed by atoms with E-state index in [4.69, 9.17) is 10.5 Å². The predicted molar refractivity (Wildman–Crippen MR) is 75.3 cm³/mol. The first kappa shape index (κ1) is 12.2. The third-order valence-corrected chi connectivity index (χ3v) is 3.68. The highest BCUT2D eigenvalue weighted by Gasteiger charge is 2.24. The van der Waals surface area contributed by atoms with Crippen molar-refractivity contribution in [3.8, 4) is 0 Å². The van der Waals surface area contributed by atoms with E-state index in [1.54, 1.807) is 7.11 Å². The number of nitrogens with two attached hydrogens (primary N) is 1.